The van der Waals surface area contributed by atoms with Crippen LogP contribution in [0.2, 0.25) is 5.15 Å². The van der Waals surface area contributed by atoms with Crippen molar-refractivity contribution in [1.29, 1.82) is 0 Å². The Morgan fingerprint density at radius 1 is 1.38 bits per heavy atom. The summed E-state index contributed by atoms with van der Waals surface area (Å²) in [5, 5.41) is 7.25. The summed E-state index contributed by atoms with van der Waals surface area (Å²) in [6.45, 7) is 9.13. The maximum absolute atomic E-state index is 6.04. The molecule has 134 valence electrons. The number of aromatic nitrogens is 1. The van der Waals surface area contributed by atoms with E-state index >= 15 is 0 Å². The molecule has 0 bridgehead atoms. The molecule has 1 aromatic heterocycles. The fourth-order valence-corrected chi connectivity index (χ4v) is 3.27. The van der Waals surface area contributed by atoms with Gasteiger partial charge in [-0.05, 0) is 29.9 Å². The van der Waals surface area contributed by atoms with Crippen molar-refractivity contribution in [3.63, 3.8) is 0 Å². The van der Waals surface area contributed by atoms with Crippen molar-refractivity contribution in [3.8, 4) is 0 Å². The Hall–Kier alpha value is -1.33. The number of guanidine groups is 1. The van der Waals surface area contributed by atoms with Crippen LogP contribution in [0.25, 0.3) is 0 Å². The van der Waals surface area contributed by atoms with E-state index in [-0.39, 0.29) is 11.5 Å². The molecule has 1 aliphatic rings. The van der Waals surface area contributed by atoms with Gasteiger partial charge < -0.3 is 15.4 Å². The first-order valence-corrected chi connectivity index (χ1v) is 8.94. The number of rotatable bonds is 4. The minimum absolute atomic E-state index is 0.151. The molecule has 2 heterocycles. The smallest absolute Gasteiger partial charge is 0.191 e. The van der Waals surface area contributed by atoms with Crippen molar-refractivity contribution >= 4 is 17.6 Å². The van der Waals surface area contributed by atoms with E-state index < -0.39 is 0 Å². The molecule has 2 rings (SSSR count). The van der Waals surface area contributed by atoms with Gasteiger partial charge in [0.2, 0.25) is 0 Å². The predicted molar refractivity (Wildman–Crippen MR) is 99.4 cm³/mol. The Morgan fingerprint density at radius 2 is 2.17 bits per heavy atom. The lowest BCUT2D eigenvalue weighted by molar-refractivity contribution is -0.0835. The second kappa shape index (κ2) is 8.67. The predicted octanol–water partition coefficient (Wildman–Crippen LogP) is 3.24. The molecule has 0 aliphatic carbocycles. The van der Waals surface area contributed by atoms with Crippen LogP contribution in [-0.2, 0) is 11.3 Å². The van der Waals surface area contributed by atoms with Crippen LogP contribution < -0.4 is 10.6 Å². The first kappa shape index (κ1) is 19.0. The van der Waals surface area contributed by atoms with Crippen molar-refractivity contribution in [2.24, 2.45) is 16.3 Å². The highest BCUT2D eigenvalue weighted by atomic mass is 35.5. The Labute approximate surface area is 150 Å². The number of pyridine rings is 1. The Morgan fingerprint density at radius 3 is 2.79 bits per heavy atom. The lowest BCUT2D eigenvalue weighted by Crippen LogP contribution is -2.47. The third kappa shape index (κ3) is 5.64. The monoisotopic (exact) mass is 352 g/mol. The van der Waals surface area contributed by atoms with Crippen LogP contribution >= 0.6 is 11.6 Å². The Bertz CT molecular complexity index is 539. The van der Waals surface area contributed by atoms with Crippen LogP contribution in [-0.4, -0.2) is 37.2 Å². The van der Waals surface area contributed by atoms with E-state index in [0.717, 1.165) is 31.1 Å². The van der Waals surface area contributed by atoms with Crippen molar-refractivity contribution in [3.05, 3.63) is 29.0 Å². The minimum atomic E-state index is 0.151. The summed E-state index contributed by atoms with van der Waals surface area (Å²) >= 11 is 5.81. The fourth-order valence-electron chi connectivity index (χ4n) is 3.15. The molecule has 0 spiro atoms. The SMILES string of the molecule is CN=C(NCc1ccc(Cl)nc1)NCC1CCCOC1C(C)(C)C. The zero-order valence-corrected chi connectivity index (χ0v) is 15.9. The zero-order chi connectivity index (χ0) is 17.6. The molecular formula is C18H29ClN4O. The molecular weight excluding hydrogens is 324 g/mol. The van der Waals surface area contributed by atoms with Gasteiger partial charge >= 0.3 is 0 Å². The van der Waals surface area contributed by atoms with Gasteiger partial charge in [0.15, 0.2) is 5.96 Å². The van der Waals surface area contributed by atoms with Gasteiger partial charge in [-0.1, -0.05) is 38.4 Å². The molecule has 1 aliphatic heterocycles. The number of hydrogen-bond acceptors (Lipinski definition) is 3. The van der Waals surface area contributed by atoms with Crippen LogP contribution in [0.4, 0.5) is 0 Å². The van der Waals surface area contributed by atoms with Gasteiger partial charge in [-0.25, -0.2) is 4.98 Å². The lowest BCUT2D eigenvalue weighted by atomic mass is 9.78. The van der Waals surface area contributed by atoms with Gasteiger partial charge in [0, 0.05) is 38.9 Å². The van der Waals surface area contributed by atoms with Crippen molar-refractivity contribution in [2.45, 2.75) is 46.3 Å². The fraction of sp³-hybridized carbons (Fsp3) is 0.667. The molecule has 0 saturated carbocycles. The van der Waals surface area contributed by atoms with E-state index in [0.29, 0.717) is 17.6 Å². The number of aliphatic imine (C=N–C) groups is 1. The summed E-state index contributed by atoms with van der Waals surface area (Å²) in [6, 6.07) is 3.75. The van der Waals surface area contributed by atoms with E-state index in [4.69, 9.17) is 16.3 Å². The molecule has 0 amide bonds. The van der Waals surface area contributed by atoms with Crippen molar-refractivity contribution in [2.75, 3.05) is 20.2 Å². The van der Waals surface area contributed by atoms with Gasteiger partial charge in [-0.15, -0.1) is 0 Å². The molecule has 2 N–H and O–H groups in total. The summed E-state index contributed by atoms with van der Waals surface area (Å²) < 4.78 is 6.04. The van der Waals surface area contributed by atoms with E-state index in [1.807, 2.05) is 6.07 Å². The molecule has 0 radical (unpaired) electrons. The largest absolute Gasteiger partial charge is 0.377 e. The second-order valence-electron chi connectivity index (χ2n) is 7.36. The molecule has 2 unspecified atom stereocenters. The first-order chi connectivity index (χ1) is 11.4. The standard InChI is InChI=1S/C18H29ClN4O/c1-18(2,3)16-14(6-5-9-24-16)12-23-17(20-4)22-11-13-7-8-15(19)21-10-13/h7-8,10,14,16H,5-6,9,11-12H2,1-4H3,(H2,20,22,23). The summed E-state index contributed by atoms with van der Waals surface area (Å²) in [5.74, 6) is 1.29. The average molecular weight is 353 g/mol. The van der Waals surface area contributed by atoms with Crippen LogP contribution in [0.5, 0.6) is 0 Å². The molecule has 24 heavy (non-hydrogen) atoms. The molecule has 1 fully saturated rings. The van der Waals surface area contributed by atoms with Crippen LogP contribution in [0, 0.1) is 11.3 Å². The number of nitrogens with one attached hydrogen (secondary N) is 2. The Kier molecular flexibility index (Phi) is 6.87. The maximum Gasteiger partial charge on any atom is 0.191 e. The van der Waals surface area contributed by atoms with Gasteiger partial charge in [-0.3, -0.25) is 4.99 Å². The van der Waals surface area contributed by atoms with E-state index in [9.17, 15) is 0 Å². The molecule has 2 atom stereocenters. The highest BCUT2D eigenvalue weighted by molar-refractivity contribution is 6.29. The average Bonchev–Trinajstić information content (AvgIpc) is 2.56. The Balaban J connectivity index is 1.85. The van der Waals surface area contributed by atoms with E-state index in [1.54, 1.807) is 19.3 Å². The first-order valence-electron chi connectivity index (χ1n) is 8.56. The van der Waals surface area contributed by atoms with Crippen LogP contribution in [0.3, 0.4) is 0 Å². The number of ether oxygens (including phenoxy) is 1. The highest BCUT2D eigenvalue weighted by Gasteiger charge is 2.35. The maximum atomic E-state index is 6.04. The lowest BCUT2D eigenvalue weighted by Gasteiger charge is -2.40. The van der Waals surface area contributed by atoms with Crippen LogP contribution in [0.1, 0.15) is 39.2 Å². The molecule has 1 saturated heterocycles. The number of nitrogens with zero attached hydrogens (tertiary/aromatic N) is 2. The van der Waals surface area contributed by atoms with Gasteiger partial charge in [0.05, 0.1) is 6.10 Å². The quantitative estimate of drug-likeness (QED) is 0.496. The molecule has 5 nitrogen and oxygen atoms in total. The van der Waals surface area contributed by atoms with E-state index in [1.165, 1.54) is 6.42 Å². The topological polar surface area (TPSA) is 58.5 Å². The normalized spacial score (nSPS) is 22.3. The van der Waals surface area contributed by atoms with Gasteiger partial charge in [0.25, 0.3) is 0 Å². The zero-order valence-electron chi connectivity index (χ0n) is 15.1. The number of hydrogen-bond donors (Lipinski definition) is 2. The van der Waals surface area contributed by atoms with Crippen molar-refractivity contribution < 1.29 is 4.74 Å². The summed E-state index contributed by atoms with van der Waals surface area (Å²) in [4.78, 5) is 8.39. The number of halogens is 1. The van der Waals surface area contributed by atoms with Crippen LogP contribution in [0.15, 0.2) is 23.3 Å². The highest BCUT2D eigenvalue weighted by Crippen LogP contribution is 2.33. The van der Waals surface area contributed by atoms with Gasteiger partial charge in [-0.2, -0.15) is 0 Å². The summed E-state index contributed by atoms with van der Waals surface area (Å²) in [6.07, 6.45) is 4.36. The third-order valence-corrected chi connectivity index (χ3v) is 4.53. The molecule has 6 heteroatoms. The molecule has 0 aromatic carbocycles. The minimum Gasteiger partial charge on any atom is -0.377 e. The second-order valence-corrected chi connectivity index (χ2v) is 7.74. The summed E-state index contributed by atoms with van der Waals surface area (Å²) in [7, 11) is 1.79. The summed E-state index contributed by atoms with van der Waals surface area (Å²) in [5.41, 5.74) is 1.22. The van der Waals surface area contributed by atoms with Gasteiger partial charge in [0.1, 0.15) is 5.15 Å². The molecule has 1 aromatic rings. The van der Waals surface area contributed by atoms with E-state index in [2.05, 4.69) is 41.4 Å². The van der Waals surface area contributed by atoms with Crippen molar-refractivity contribution in [1.82, 2.24) is 15.6 Å². The third-order valence-electron chi connectivity index (χ3n) is 4.30.